The van der Waals surface area contributed by atoms with Gasteiger partial charge in [0.1, 0.15) is 5.52 Å². The number of rotatable bonds is 2. The van der Waals surface area contributed by atoms with Crippen LogP contribution >= 0.6 is 0 Å². The smallest absolute Gasteiger partial charge is 0.267 e. The molecule has 1 heterocycles. The van der Waals surface area contributed by atoms with Crippen LogP contribution in [0.4, 0.5) is 0 Å². The molecule has 0 radical (unpaired) electrons. The number of carbonyl (C=O) groups excluding carboxylic acids is 1. The van der Waals surface area contributed by atoms with E-state index in [0.717, 1.165) is 11.0 Å². The number of para-hydroxylation sites is 1. The first-order chi connectivity index (χ1) is 7.68. The summed E-state index contributed by atoms with van der Waals surface area (Å²) < 4.78 is 1.31. The van der Waals surface area contributed by atoms with Gasteiger partial charge in [-0.25, -0.2) is 0 Å². The third-order valence-electron chi connectivity index (χ3n) is 2.18. The van der Waals surface area contributed by atoms with Gasteiger partial charge in [-0.05, 0) is 18.1 Å². The largest absolute Gasteiger partial charge is 0.272 e. The number of hydrogen-bond acceptors (Lipinski definition) is 3. The fourth-order valence-corrected chi connectivity index (χ4v) is 1.38. The quantitative estimate of drug-likeness (QED) is 0.722. The van der Waals surface area contributed by atoms with Gasteiger partial charge in [0.2, 0.25) is 0 Å². The summed E-state index contributed by atoms with van der Waals surface area (Å²) in [7, 11) is 0. The van der Waals surface area contributed by atoms with E-state index in [9.17, 15) is 4.79 Å². The van der Waals surface area contributed by atoms with Crippen LogP contribution in [0, 0.1) is 5.92 Å². The number of allylic oxidation sites excluding steroid dienone is 2. The van der Waals surface area contributed by atoms with Crippen molar-refractivity contribution in [3.8, 4) is 0 Å². The molecule has 0 atom stereocenters. The van der Waals surface area contributed by atoms with E-state index in [-0.39, 0.29) is 5.91 Å². The summed E-state index contributed by atoms with van der Waals surface area (Å²) in [5, 5.41) is 7.76. The van der Waals surface area contributed by atoms with Crippen molar-refractivity contribution in [3.05, 3.63) is 36.4 Å². The minimum atomic E-state index is -0.164. The molecule has 0 spiro atoms. The molecular weight excluding hydrogens is 202 g/mol. The maximum absolute atomic E-state index is 11.8. The van der Waals surface area contributed by atoms with Crippen molar-refractivity contribution in [1.29, 1.82) is 0 Å². The molecule has 0 aliphatic heterocycles. The van der Waals surface area contributed by atoms with Crippen LogP contribution in [-0.4, -0.2) is 20.9 Å². The Morgan fingerprint density at radius 1 is 1.38 bits per heavy atom. The van der Waals surface area contributed by atoms with Gasteiger partial charge >= 0.3 is 0 Å². The zero-order valence-corrected chi connectivity index (χ0v) is 9.29. The van der Waals surface area contributed by atoms with E-state index in [0.29, 0.717) is 5.92 Å². The summed E-state index contributed by atoms with van der Waals surface area (Å²) >= 11 is 0. The van der Waals surface area contributed by atoms with E-state index in [2.05, 4.69) is 10.3 Å². The maximum atomic E-state index is 11.8. The Balaban J connectivity index is 2.37. The topological polar surface area (TPSA) is 47.8 Å². The van der Waals surface area contributed by atoms with Crippen molar-refractivity contribution in [2.24, 2.45) is 5.92 Å². The van der Waals surface area contributed by atoms with Gasteiger partial charge in [-0.3, -0.25) is 4.79 Å². The lowest BCUT2D eigenvalue weighted by atomic mass is 10.2. The van der Waals surface area contributed by atoms with E-state index in [4.69, 9.17) is 0 Å². The molecule has 0 aliphatic carbocycles. The summed E-state index contributed by atoms with van der Waals surface area (Å²) in [6.45, 7) is 4.03. The number of carbonyl (C=O) groups is 1. The van der Waals surface area contributed by atoms with Crippen LogP contribution in [0.5, 0.6) is 0 Å². The van der Waals surface area contributed by atoms with Crippen molar-refractivity contribution in [2.45, 2.75) is 13.8 Å². The Kier molecular flexibility index (Phi) is 2.81. The van der Waals surface area contributed by atoms with E-state index >= 15 is 0 Å². The second-order valence-electron chi connectivity index (χ2n) is 3.93. The van der Waals surface area contributed by atoms with Crippen LogP contribution in [0.25, 0.3) is 11.0 Å². The molecular formula is C12H13N3O. The fraction of sp³-hybridized carbons (Fsp3) is 0.250. The fourth-order valence-electron chi connectivity index (χ4n) is 1.38. The van der Waals surface area contributed by atoms with Crippen LogP contribution < -0.4 is 0 Å². The van der Waals surface area contributed by atoms with Crippen molar-refractivity contribution < 1.29 is 4.79 Å². The molecule has 0 amide bonds. The highest BCUT2D eigenvalue weighted by atomic mass is 16.2. The predicted octanol–water partition coefficient (Wildman–Crippen LogP) is 2.28. The molecule has 16 heavy (non-hydrogen) atoms. The second kappa shape index (κ2) is 4.26. The highest BCUT2D eigenvalue weighted by Gasteiger charge is 2.08. The summed E-state index contributed by atoms with van der Waals surface area (Å²) in [6.07, 6.45) is 3.38. The van der Waals surface area contributed by atoms with Crippen molar-refractivity contribution in [2.75, 3.05) is 0 Å². The number of fused-ring (bicyclic) bond motifs is 1. The molecule has 0 unspecified atom stereocenters. The predicted molar refractivity (Wildman–Crippen MR) is 62.1 cm³/mol. The summed E-state index contributed by atoms with van der Waals surface area (Å²) in [6, 6.07) is 7.39. The monoisotopic (exact) mass is 215 g/mol. The van der Waals surface area contributed by atoms with Crippen molar-refractivity contribution >= 4 is 16.9 Å². The zero-order chi connectivity index (χ0) is 11.5. The van der Waals surface area contributed by atoms with E-state index in [1.165, 1.54) is 10.8 Å². The third kappa shape index (κ3) is 2.00. The first kappa shape index (κ1) is 10.5. The summed E-state index contributed by atoms with van der Waals surface area (Å²) in [5.41, 5.74) is 1.47. The lowest BCUT2D eigenvalue weighted by Gasteiger charge is -1.96. The lowest BCUT2D eigenvalue weighted by Crippen LogP contribution is -2.09. The average Bonchev–Trinajstić information content (AvgIpc) is 2.69. The Hall–Kier alpha value is -1.97. The SMILES string of the molecule is CC(C)C=CC(=O)n1nnc2ccccc21. The van der Waals surface area contributed by atoms with Crippen molar-refractivity contribution in [1.82, 2.24) is 15.0 Å². The molecule has 2 aromatic rings. The van der Waals surface area contributed by atoms with Gasteiger partial charge < -0.3 is 0 Å². The molecule has 4 nitrogen and oxygen atoms in total. The minimum Gasteiger partial charge on any atom is -0.267 e. The van der Waals surface area contributed by atoms with Gasteiger partial charge in [0.25, 0.3) is 5.91 Å². The summed E-state index contributed by atoms with van der Waals surface area (Å²) in [4.78, 5) is 11.8. The van der Waals surface area contributed by atoms with Crippen LogP contribution in [0.3, 0.4) is 0 Å². The van der Waals surface area contributed by atoms with Gasteiger partial charge in [0, 0.05) is 6.08 Å². The number of nitrogens with zero attached hydrogens (tertiary/aromatic N) is 3. The Labute approximate surface area is 93.6 Å². The second-order valence-corrected chi connectivity index (χ2v) is 3.93. The van der Waals surface area contributed by atoms with Crippen LogP contribution in [0.1, 0.15) is 18.6 Å². The number of hydrogen-bond donors (Lipinski definition) is 0. The molecule has 2 rings (SSSR count). The third-order valence-corrected chi connectivity index (χ3v) is 2.18. The highest BCUT2D eigenvalue weighted by molar-refractivity contribution is 5.95. The number of aromatic nitrogens is 3. The number of benzene rings is 1. The zero-order valence-electron chi connectivity index (χ0n) is 9.29. The Morgan fingerprint density at radius 2 is 2.12 bits per heavy atom. The van der Waals surface area contributed by atoms with Gasteiger partial charge in [-0.1, -0.05) is 37.3 Å². The normalized spacial score (nSPS) is 11.7. The molecule has 4 heteroatoms. The lowest BCUT2D eigenvalue weighted by molar-refractivity contribution is 0.0956. The van der Waals surface area contributed by atoms with Gasteiger partial charge in [0.15, 0.2) is 0 Å². The Morgan fingerprint density at radius 3 is 2.88 bits per heavy atom. The molecule has 1 aromatic heterocycles. The standard InChI is InChI=1S/C12H13N3O/c1-9(2)7-8-12(16)15-11-6-4-3-5-10(11)13-14-15/h3-9H,1-2H3. The van der Waals surface area contributed by atoms with Gasteiger partial charge in [0.05, 0.1) is 5.52 Å². The van der Waals surface area contributed by atoms with E-state index in [1.807, 2.05) is 44.2 Å². The molecule has 0 saturated heterocycles. The van der Waals surface area contributed by atoms with Crippen LogP contribution in [0.15, 0.2) is 36.4 Å². The van der Waals surface area contributed by atoms with E-state index in [1.54, 1.807) is 0 Å². The maximum Gasteiger partial charge on any atom is 0.272 e. The molecule has 0 saturated carbocycles. The van der Waals surface area contributed by atoms with Gasteiger partial charge in [-0.15, -0.1) is 5.10 Å². The van der Waals surface area contributed by atoms with Crippen molar-refractivity contribution in [3.63, 3.8) is 0 Å². The molecule has 0 N–H and O–H groups in total. The summed E-state index contributed by atoms with van der Waals surface area (Å²) in [5.74, 6) is 0.182. The van der Waals surface area contributed by atoms with Crippen LogP contribution in [-0.2, 0) is 0 Å². The highest BCUT2D eigenvalue weighted by Crippen LogP contribution is 2.09. The molecule has 1 aromatic carbocycles. The molecule has 0 aliphatic rings. The average molecular weight is 215 g/mol. The molecule has 0 bridgehead atoms. The first-order valence-corrected chi connectivity index (χ1v) is 5.21. The minimum absolute atomic E-state index is 0.164. The molecule has 0 fully saturated rings. The Bertz CT molecular complexity index is 540. The van der Waals surface area contributed by atoms with Gasteiger partial charge in [-0.2, -0.15) is 4.68 Å². The van der Waals surface area contributed by atoms with Crippen LogP contribution in [0.2, 0.25) is 0 Å². The first-order valence-electron chi connectivity index (χ1n) is 5.21. The molecule has 82 valence electrons. The van der Waals surface area contributed by atoms with E-state index < -0.39 is 0 Å².